The average molecular weight is 168 g/mol. The third-order valence-corrected chi connectivity index (χ3v) is 1.58. The van der Waals surface area contributed by atoms with Crippen LogP contribution in [-0.2, 0) is 0 Å². The van der Waals surface area contributed by atoms with Crippen LogP contribution in [0.25, 0.3) is 0 Å². The minimum Gasteiger partial charge on any atom is -0.352 e. The molecule has 0 radical (unpaired) electrons. The van der Waals surface area contributed by atoms with Crippen LogP contribution in [0.4, 0.5) is 4.79 Å². The molecular weight excluding hydrogens is 156 g/mol. The summed E-state index contributed by atoms with van der Waals surface area (Å²) in [5.74, 6) is 0. The molecule has 0 aromatic carbocycles. The average Bonchev–Trinajstić information content (AvgIpc) is 2.51. The lowest BCUT2D eigenvalue weighted by Crippen LogP contribution is -2.35. The van der Waals surface area contributed by atoms with E-state index in [2.05, 4.69) is 10.3 Å². The molecule has 5 heteroatoms. The van der Waals surface area contributed by atoms with Gasteiger partial charge in [-0.05, 0) is 6.42 Å². The van der Waals surface area contributed by atoms with Crippen molar-refractivity contribution in [3.05, 3.63) is 18.7 Å². The van der Waals surface area contributed by atoms with Gasteiger partial charge in [0, 0.05) is 12.4 Å². The number of hydrogen-bond acceptors (Lipinski definition) is 2. The molecule has 1 aromatic heterocycles. The fourth-order valence-electron chi connectivity index (χ4n) is 1.01. The third kappa shape index (κ3) is 1.98. The molecule has 1 unspecified atom stereocenters. The minimum absolute atomic E-state index is 0.0926. The van der Waals surface area contributed by atoms with Crippen LogP contribution in [0.15, 0.2) is 18.7 Å². The number of nitrogens with one attached hydrogen (secondary N) is 1. The van der Waals surface area contributed by atoms with Crippen molar-refractivity contribution in [2.45, 2.75) is 19.5 Å². The van der Waals surface area contributed by atoms with E-state index in [1.807, 2.05) is 6.92 Å². The molecule has 2 amide bonds. The Morgan fingerprint density at radius 3 is 3.00 bits per heavy atom. The topological polar surface area (TPSA) is 72.9 Å². The number of amides is 2. The summed E-state index contributed by atoms with van der Waals surface area (Å²) in [7, 11) is 0. The number of hydrogen-bond donors (Lipinski definition) is 2. The number of carbonyl (C=O) groups is 1. The zero-order chi connectivity index (χ0) is 8.97. The maximum Gasteiger partial charge on any atom is 0.313 e. The normalized spacial score (nSPS) is 12.4. The van der Waals surface area contributed by atoms with Crippen LogP contribution in [0.2, 0.25) is 0 Å². The first kappa shape index (κ1) is 8.58. The molecule has 0 bridgehead atoms. The van der Waals surface area contributed by atoms with Crippen molar-refractivity contribution in [2.75, 3.05) is 0 Å². The van der Waals surface area contributed by atoms with Crippen molar-refractivity contribution >= 4 is 6.03 Å². The molecular formula is C7H12N4O. The van der Waals surface area contributed by atoms with Crippen LogP contribution in [0.3, 0.4) is 0 Å². The Morgan fingerprint density at radius 2 is 2.58 bits per heavy atom. The minimum atomic E-state index is -0.518. The van der Waals surface area contributed by atoms with Crippen molar-refractivity contribution < 1.29 is 4.79 Å². The summed E-state index contributed by atoms with van der Waals surface area (Å²) in [6, 6.07) is -0.518. The fraction of sp³-hybridized carbons (Fsp3) is 0.429. The molecule has 0 fully saturated rings. The van der Waals surface area contributed by atoms with E-state index in [-0.39, 0.29) is 6.17 Å². The summed E-state index contributed by atoms with van der Waals surface area (Å²) in [4.78, 5) is 14.4. The second-order valence-electron chi connectivity index (χ2n) is 2.44. The first-order valence-corrected chi connectivity index (χ1v) is 3.77. The van der Waals surface area contributed by atoms with Crippen molar-refractivity contribution in [2.24, 2.45) is 5.73 Å². The predicted octanol–water partition coefficient (Wildman–Crippen LogP) is 0.460. The van der Waals surface area contributed by atoms with Gasteiger partial charge in [-0.2, -0.15) is 0 Å². The van der Waals surface area contributed by atoms with Gasteiger partial charge in [0.15, 0.2) is 0 Å². The summed E-state index contributed by atoms with van der Waals surface area (Å²) in [5.41, 5.74) is 4.99. The molecule has 0 spiro atoms. The smallest absolute Gasteiger partial charge is 0.313 e. The Hall–Kier alpha value is -1.52. The Morgan fingerprint density at radius 1 is 1.83 bits per heavy atom. The van der Waals surface area contributed by atoms with Gasteiger partial charge in [-0.25, -0.2) is 9.78 Å². The molecule has 1 heterocycles. The molecule has 0 saturated heterocycles. The summed E-state index contributed by atoms with van der Waals surface area (Å²) in [6.45, 7) is 1.96. The Labute approximate surface area is 70.6 Å². The first-order chi connectivity index (χ1) is 5.74. The van der Waals surface area contributed by atoms with Gasteiger partial charge in [0.25, 0.3) is 0 Å². The van der Waals surface area contributed by atoms with Gasteiger partial charge in [0.1, 0.15) is 6.17 Å². The number of nitrogens with two attached hydrogens (primary N) is 1. The molecule has 0 aliphatic heterocycles. The Balaban J connectivity index is 2.63. The van der Waals surface area contributed by atoms with Crippen molar-refractivity contribution in [1.29, 1.82) is 0 Å². The SMILES string of the molecule is CCC(NC(N)=O)n1ccnc1. The van der Waals surface area contributed by atoms with Crippen LogP contribution in [-0.4, -0.2) is 15.6 Å². The van der Waals surface area contributed by atoms with E-state index >= 15 is 0 Å². The van der Waals surface area contributed by atoms with E-state index in [0.29, 0.717) is 0 Å². The molecule has 1 atom stereocenters. The molecule has 0 aliphatic rings. The molecule has 12 heavy (non-hydrogen) atoms. The molecule has 0 aliphatic carbocycles. The van der Waals surface area contributed by atoms with E-state index in [9.17, 15) is 4.79 Å². The zero-order valence-corrected chi connectivity index (χ0v) is 6.90. The zero-order valence-electron chi connectivity index (χ0n) is 6.90. The van der Waals surface area contributed by atoms with Crippen molar-refractivity contribution in [1.82, 2.24) is 14.9 Å². The highest BCUT2D eigenvalue weighted by molar-refractivity contribution is 5.71. The maximum atomic E-state index is 10.5. The van der Waals surface area contributed by atoms with Gasteiger partial charge < -0.3 is 15.6 Å². The van der Waals surface area contributed by atoms with Gasteiger partial charge in [-0.15, -0.1) is 0 Å². The van der Waals surface area contributed by atoms with E-state index in [1.165, 1.54) is 0 Å². The third-order valence-electron chi connectivity index (χ3n) is 1.58. The number of rotatable bonds is 3. The molecule has 1 aromatic rings. The van der Waals surface area contributed by atoms with E-state index in [1.54, 1.807) is 23.3 Å². The number of primary amides is 1. The second-order valence-corrected chi connectivity index (χ2v) is 2.44. The maximum absolute atomic E-state index is 10.5. The number of nitrogens with zero attached hydrogens (tertiary/aromatic N) is 2. The van der Waals surface area contributed by atoms with Crippen LogP contribution < -0.4 is 11.1 Å². The van der Waals surface area contributed by atoms with Gasteiger partial charge in [0.2, 0.25) is 0 Å². The summed E-state index contributed by atoms with van der Waals surface area (Å²) in [5, 5.41) is 2.59. The van der Waals surface area contributed by atoms with E-state index < -0.39 is 6.03 Å². The summed E-state index contributed by atoms with van der Waals surface area (Å²) < 4.78 is 1.80. The van der Waals surface area contributed by atoms with Crippen molar-refractivity contribution in [3.8, 4) is 0 Å². The summed E-state index contributed by atoms with van der Waals surface area (Å²) >= 11 is 0. The van der Waals surface area contributed by atoms with Crippen LogP contribution in [0, 0.1) is 0 Å². The first-order valence-electron chi connectivity index (χ1n) is 3.77. The standard InChI is InChI=1S/C7H12N4O/c1-2-6(10-7(8)12)11-4-3-9-5-11/h3-6H,2H2,1H3,(H3,8,10,12). The van der Waals surface area contributed by atoms with Gasteiger partial charge in [-0.3, -0.25) is 0 Å². The molecule has 3 N–H and O–H groups in total. The highest BCUT2D eigenvalue weighted by Gasteiger charge is 2.07. The Kier molecular flexibility index (Phi) is 2.68. The number of carbonyl (C=O) groups excluding carboxylic acids is 1. The summed E-state index contributed by atoms with van der Waals surface area (Å²) in [6.07, 6.45) is 5.77. The molecule has 5 nitrogen and oxygen atoms in total. The van der Waals surface area contributed by atoms with Gasteiger partial charge >= 0.3 is 6.03 Å². The molecule has 0 saturated carbocycles. The lowest BCUT2D eigenvalue weighted by molar-refractivity contribution is 0.239. The Bertz CT molecular complexity index is 244. The lowest BCUT2D eigenvalue weighted by Gasteiger charge is -2.16. The predicted molar refractivity (Wildman–Crippen MR) is 44.3 cm³/mol. The number of aromatic nitrogens is 2. The lowest BCUT2D eigenvalue weighted by atomic mass is 10.4. The van der Waals surface area contributed by atoms with Crippen LogP contribution in [0.1, 0.15) is 19.5 Å². The largest absolute Gasteiger partial charge is 0.352 e. The molecule has 66 valence electrons. The number of urea groups is 1. The highest BCUT2D eigenvalue weighted by Crippen LogP contribution is 2.04. The van der Waals surface area contributed by atoms with E-state index in [4.69, 9.17) is 5.73 Å². The van der Waals surface area contributed by atoms with Crippen LogP contribution in [0.5, 0.6) is 0 Å². The van der Waals surface area contributed by atoms with Crippen molar-refractivity contribution in [3.63, 3.8) is 0 Å². The van der Waals surface area contributed by atoms with Gasteiger partial charge in [0.05, 0.1) is 6.33 Å². The van der Waals surface area contributed by atoms with Crippen LogP contribution >= 0.6 is 0 Å². The highest BCUT2D eigenvalue weighted by atomic mass is 16.2. The van der Waals surface area contributed by atoms with E-state index in [0.717, 1.165) is 6.42 Å². The molecule has 1 rings (SSSR count). The van der Waals surface area contributed by atoms with Gasteiger partial charge in [-0.1, -0.05) is 6.92 Å². The monoisotopic (exact) mass is 168 g/mol. The number of imidazole rings is 1. The quantitative estimate of drug-likeness (QED) is 0.688. The fourth-order valence-corrected chi connectivity index (χ4v) is 1.01. The second kappa shape index (κ2) is 3.75.